The molecule has 0 aliphatic carbocycles. The summed E-state index contributed by atoms with van der Waals surface area (Å²) in [5.74, 6) is -0.0524. The third kappa shape index (κ3) is 19.2. The summed E-state index contributed by atoms with van der Waals surface area (Å²) in [4.78, 5) is 11.0. The number of rotatable bonds is 17. The maximum absolute atomic E-state index is 11.0. The molecule has 1 amide bonds. The number of quaternary nitrogens is 1. The lowest BCUT2D eigenvalue weighted by molar-refractivity contribution is -0.870. The van der Waals surface area contributed by atoms with Gasteiger partial charge in [0.2, 0.25) is 5.91 Å². The van der Waals surface area contributed by atoms with Gasteiger partial charge in [-0.2, -0.15) is 0 Å². The third-order valence-electron chi connectivity index (χ3n) is 4.49. The number of carbonyl (C=O) groups is 1. The summed E-state index contributed by atoms with van der Waals surface area (Å²) in [7, 11) is 6.84. The predicted octanol–water partition coefficient (Wildman–Crippen LogP) is 5.07. The fourth-order valence-electron chi connectivity index (χ4n) is 2.94. The molecule has 24 heavy (non-hydrogen) atoms. The normalized spacial score (nSPS) is 11.5. The number of amides is 1. The first kappa shape index (κ1) is 23.2. The van der Waals surface area contributed by atoms with Crippen LogP contribution in [0.2, 0.25) is 0 Å². The fourth-order valence-corrected chi connectivity index (χ4v) is 2.94. The van der Waals surface area contributed by atoms with Gasteiger partial charge in [-0.15, -0.1) is 0 Å². The van der Waals surface area contributed by atoms with E-state index in [1.165, 1.54) is 89.7 Å². The Balaban J connectivity index is 3.08. The second kappa shape index (κ2) is 15.7. The first-order valence-corrected chi connectivity index (χ1v) is 10.2. The van der Waals surface area contributed by atoms with Crippen LogP contribution in [0, 0.1) is 0 Å². The topological polar surface area (TPSA) is 29.1 Å². The smallest absolute Gasteiger partial charge is 0.243 e. The SMILES string of the molecule is C=CC(=O)NCCCCCCCCCCCCCCC[N+](C)(C)C. The largest absolute Gasteiger partial charge is 0.353 e. The average molecular weight is 340 g/mol. The van der Waals surface area contributed by atoms with Gasteiger partial charge in [-0.3, -0.25) is 4.79 Å². The number of carbonyl (C=O) groups excluding carboxylic acids is 1. The van der Waals surface area contributed by atoms with Gasteiger partial charge < -0.3 is 9.80 Å². The second-order valence-corrected chi connectivity index (χ2v) is 8.11. The zero-order valence-corrected chi connectivity index (χ0v) is 16.7. The minimum Gasteiger partial charge on any atom is -0.353 e. The number of unbranched alkanes of at least 4 members (excludes halogenated alkanes) is 12. The van der Waals surface area contributed by atoms with Gasteiger partial charge in [0, 0.05) is 6.54 Å². The molecule has 0 atom stereocenters. The molecular formula is C21H43N2O+. The Bertz CT molecular complexity index is 307. The summed E-state index contributed by atoms with van der Waals surface area (Å²) in [5, 5.41) is 2.83. The van der Waals surface area contributed by atoms with E-state index in [-0.39, 0.29) is 5.91 Å². The van der Waals surface area contributed by atoms with Crippen molar-refractivity contribution in [1.82, 2.24) is 5.32 Å². The Labute approximate surface area is 151 Å². The highest BCUT2D eigenvalue weighted by Gasteiger charge is 2.04. The molecule has 1 N–H and O–H groups in total. The quantitative estimate of drug-likeness (QED) is 0.224. The van der Waals surface area contributed by atoms with Gasteiger partial charge in [0.1, 0.15) is 0 Å². The summed E-state index contributed by atoms with van der Waals surface area (Å²) in [6.45, 7) is 5.54. The molecule has 142 valence electrons. The maximum atomic E-state index is 11.0. The maximum Gasteiger partial charge on any atom is 0.243 e. The van der Waals surface area contributed by atoms with Crippen LogP contribution >= 0.6 is 0 Å². The van der Waals surface area contributed by atoms with Crippen molar-refractivity contribution in [1.29, 1.82) is 0 Å². The molecule has 0 rings (SSSR count). The van der Waals surface area contributed by atoms with Crippen molar-refractivity contribution in [3.63, 3.8) is 0 Å². The van der Waals surface area contributed by atoms with Crippen molar-refractivity contribution in [2.24, 2.45) is 0 Å². The van der Waals surface area contributed by atoms with E-state index >= 15 is 0 Å². The molecule has 0 unspecified atom stereocenters. The van der Waals surface area contributed by atoms with E-state index < -0.39 is 0 Å². The molecule has 0 fully saturated rings. The van der Waals surface area contributed by atoms with Crippen molar-refractivity contribution in [3.05, 3.63) is 12.7 Å². The van der Waals surface area contributed by atoms with Crippen LogP contribution in [0.25, 0.3) is 0 Å². The summed E-state index contributed by atoms with van der Waals surface area (Å²) in [5.41, 5.74) is 0. The molecular weight excluding hydrogens is 296 g/mol. The Morgan fingerprint density at radius 1 is 0.750 bits per heavy atom. The monoisotopic (exact) mass is 339 g/mol. The zero-order chi connectivity index (χ0) is 18.1. The number of hydrogen-bond donors (Lipinski definition) is 1. The highest BCUT2D eigenvalue weighted by molar-refractivity contribution is 5.86. The molecule has 0 aromatic heterocycles. The molecule has 0 aliphatic heterocycles. The van der Waals surface area contributed by atoms with Crippen molar-refractivity contribution >= 4 is 5.91 Å². The molecule has 0 saturated heterocycles. The summed E-state index contributed by atoms with van der Waals surface area (Å²) in [6.07, 6.45) is 19.0. The average Bonchev–Trinajstić information content (AvgIpc) is 2.53. The van der Waals surface area contributed by atoms with Crippen molar-refractivity contribution in [2.45, 2.75) is 83.5 Å². The van der Waals surface area contributed by atoms with Crippen LogP contribution in [0.4, 0.5) is 0 Å². The van der Waals surface area contributed by atoms with Crippen molar-refractivity contribution < 1.29 is 9.28 Å². The lowest BCUT2D eigenvalue weighted by Crippen LogP contribution is -2.35. The summed E-state index contributed by atoms with van der Waals surface area (Å²) in [6, 6.07) is 0. The molecule has 0 spiro atoms. The van der Waals surface area contributed by atoms with E-state index in [2.05, 4.69) is 33.0 Å². The van der Waals surface area contributed by atoms with Crippen LogP contribution < -0.4 is 5.32 Å². The Kier molecular flexibility index (Phi) is 15.1. The van der Waals surface area contributed by atoms with Crippen LogP contribution in [0.15, 0.2) is 12.7 Å². The molecule has 0 aromatic rings. The van der Waals surface area contributed by atoms with Gasteiger partial charge in [0.15, 0.2) is 0 Å². The molecule has 0 aliphatic rings. The molecule has 0 radical (unpaired) electrons. The van der Waals surface area contributed by atoms with Gasteiger partial charge in [0.05, 0.1) is 27.7 Å². The standard InChI is InChI=1S/C21H42N2O/c1-5-21(24)22-19-17-15-13-11-9-7-6-8-10-12-14-16-18-20-23(2,3)4/h5H,1,6-20H2,2-4H3/p+1. The van der Waals surface area contributed by atoms with Crippen molar-refractivity contribution in [3.8, 4) is 0 Å². The fraction of sp³-hybridized carbons (Fsp3) is 0.857. The van der Waals surface area contributed by atoms with Crippen LogP contribution in [0.5, 0.6) is 0 Å². The summed E-state index contributed by atoms with van der Waals surface area (Å²) < 4.78 is 1.10. The number of nitrogens with zero attached hydrogens (tertiary/aromatic N) is 1. The van der Waals surface area contributed by atoms with E-state index in [1.54, 1.807) is 0 Å². The first-order valence-electron chi connectivity index (χ1n) is 10.2. The van der Waals surface area contributed by atoms with Gasteiger partial charge in [-0.25, -0.2) is 0 Å². The third-order valence-corrected chi connectivity index (χ3v) is 4.49. The van der Waals surface area contributed by atoms with Crippen molar-refractivity contribution in [2.75, 3.05) is 34.2 Å². The second-order valence-electron chi connectivity index (χ2n) is 8.11. The highest BCUT2D eigenvalue weighted by atomic mass is 16.1. The molecule has 3 heteroatoms. The molecule has 3 nitrogen and oxygen atoms in total. The Hall–Kier alpha value is -0.830. The Morgan fingerprint density at radius 3 is 1.50 bits per heavy atom. The van der Waals surface area contributed by atoms with Gasteiger partial charge in [-0.05, 0) is 25.3 Å². The minimum atomic E-state index is -0.0524. The van der Waals surface area contributed by atoms with Gasteiger partial charge in [0.25, 0.3) is 0 Å². The lowest BCUT2D eigenvalue weighted by Gasteiger charge is -2.23. The first-order chi connectivity index (χ1) is 11.5. The Morgan fingerprint density at radius 2 is 1.12 bits per heavy atom. The van der Waals surface area contributed by atoms with Crippen LogP contribution in [-0.2, 0) is 4.79 Å². The number of nitrogens with one attached hydrogen (secondary N) is 1. The van der Waals surface area contributed by atoms with E-state index in [0.29, 0.717) is 0 Å². The van der Waals surface area contributed by atoms with E-state index in [1.807, 2.05) is 0 Å². The minimum absolute atomic E-state index is 0.0524. The van der Waals surface area contributed by atoms with Gasteiger partial charge in [-0.1, -0.05) is 70.8 Å². The molecule has 0 heterocycles. The van der Waals surface area contributed by atoms with E-state index in [4.69, 9.17) is 0 Å². The lowest BCUT2D eigenvalue weighted by atomic mass is 10.0. The van der Waals surface area contributed by atoms with Crippen LogP contribution in [-0.4, -0.2) is 44.6 Å². The predicted molar refractivity (Wildman–Crippen MR) is 106 cm³/mol. The number of hydrogen-bond acceptors (Lipinski definition) is 1. The van der Waals surface area contributed by atoms with E-state index in [0.717, 1.165) is 17.4 Å². The molecule has 0 saturated carbocycles. The van der Waals surface area contributed by atoms with E-state index in [9.17, 15) is 4.79 Å². The van der Waals surface area contributed by atoms with Crippen LogP contribution in [0.3, 0.4) is 0 Å². The highest BCUT2D eigenvalue weighted by Crippen LogP contribution is 2.12. The zero-order valence-electron chi connectivity index (χ0n) is 16.7. The molecule has 0 bridgehead atoms. The van der Waals surface area contributed by atoms with Gasteiger partial charge >= 0.3 is 0 Å². The summed E-state index contributed by atoms with van der Waals surface area (Å²) >= 11 is 0. The van der Waals surface area contributed by atoms with Crippen LogP contribution in [0.1, 0.15) is 83.5 Å². The molecule has 0 aromatic carbocycles.